The number of hydrogen-bond acceptors (Lipinski definition) is 6. The molecule has 0 atom stereocenters. The van der Waals surface area contributed by atoms with Crippen LogP contribution in [0.25, 0.3) is 33.0 Å². The summed E-state index contributed by atoms with van der Waals surface area (Å²) >= 11 is 0. The van der Waals surface area contributed by atoms with Gasteiger partial charge in [0.1, 0.15) is 23.0 Å². The Morgan fingerprint density at radius 2 is 0.929 bits per heavy atom. The van der Waals surface area contributed by atoms with E-state index >= 15 is 0 Å². The average molecular weight is 555 g/mol. The fraction of sp³-hybridized carbons (Fsp3) is 0. The molecule has 0 fully saturated rings. The lowest BCUT2D eigenvalue weighted by Crippen LogP contribution is -1.95. The van der Waals surface area contributed by atoms with Crippen molar-refractivity contribution in [3.63, 3.8) is 0 Å². The predicted octanol–water partition coefficient (Wildman–Crippen LogP) is 9.57. The van der Waals surface area contributed by atoms with Gasteiger partial charge >= 0.3 is 0 Å². The van der Waals surface area contributed by atoms with E-state index in [2.05, 4.69) is 12.1 Å². The first-order chi connectivity index (χ1) is 20.5. The summed E-state index contributed by atoms with van der Waals surface area (Å²) in [5.41, 5.74) is 3.43. The lowest BCUT2D eigenvalue weighted by molar-refractivity contribution is -0.385. The number of nitro benzene ring substituents is 2. The van der Waals surface area contributed by atoms with Crippen LogP contribution in [0.5, 0.6) is 23.0 Å². The van der Waals surface area contributed by atoms with Gasteiger partial charge in [0, 0.05) is 41.0 Å². The largest absolute Gasteiger partial charge is 0.457 e. The van der Waals surface area contributed by atoms with Gasteiger partial charge in [-0.05, 0) is 52.7 Å². The zero-order valence-corrected chi connectivity index (χ0v) is 22.0. The molecule has 8 nitrogen and oxygen atoms in total. The van der Waals surface area contributed by atoms with Crippen molar-refractivity contribution in [2.75, 3.05) is 0 Å². The lowest BCUT2D eigenvalue weighted by Gasteiger charge is -2.19. The second-order valence-electron chi connectivity index (χ2n) is 9.41. The second kappa shape index (κ2) is 11.2. The van der Waals surface area contributed by atoms with E-state index in [0.29, 0.717) is 23.0 Å². The zero-order valence-electron chi connectivity index (χ0n) is 22.0. The van der Waals surface area contributed by atoms with E-state index in [1.54, 1.807) is 24.3 Å². The van der Waals surface area contributed by atoms with E-state index in [9.17, 15) is 20.2 Å². The third kappa shape index (κ3) is 5.24. The number of ether oxygens (including phenoxy) is 2. The Labute approximate surface area is 240 Å². The number of fused-ring (bicyclic) bond motifs is 1. The topological polar surface area (TPSA) is 105 Å². The quantitative estimate of drug-likeness (QED) is 0.137. The van der Waals surface area contributed by atoms with Gasteiger partial charge in [-0.1, -0.05) is 72.8 Å². The van der Waals surface area contributed by atoms with Crippen LogP contribution in [0.4, 0.5) is 11.4 Å². The molecule has 0 radical (unpaired) electrons. The smallest absolute Gasteiger partial charge is 0.269 e. The molecular formula is C34H22N2O6. The molecule has 0 unspecified atom stereocenters. The highest BCUT2D eigenvalue weighted by Gasteiger charge is 2.19. The maximum absolute atomic E-state index is 11.1. The highest BCUT2D eigenvalue weighted by Crippen LogP contribution is 2.46. The van der Waals surface area contributed by atoms with E-state index in [1.807, 2.05) is 72.8 Å². The van der Waals surface area contributed by atoms with Crippen LogP contribution in [0, 0.1) is 20.2 Å². The van der Waals surface area contributed by atoms with Gasteiger partial charge in [0.2, 0.25) is 0 Å². The van der Waals surface area contributed by atoms with E-state index in [0.717, 1.165) is 33.0 Å². The number of nitro groups is 2. The standard InChI is InChI=1S/C34H22N2O6/c37-35(38)24-14-18-26(19-15-24)41-32-11-5-3-9-29(32)30-22-13-23-7-1-2-8-28(23)34(30)31-10-4-6-12-33(31)42-27-20-16-25(17-21-27)36(39)40/h1-22H. The molecule has 0 spiro atoms. The SMILES string of the molecule is O=[N+]([O-])c1ccc(Oc2ccccc2-c2ccc3ccccc3c2-c2ccccc2Oc2ccc([N+](=O)[O-])cc2)cc1. The molecular weight excluding hydrogens is 532 g/mol. The molecule has 0 saturated heterocycles. The first-order valence-electron chi connectivity index (χ1n) is 13.0. The molecule has 6 rings (SSSR count). The number of nitrogens with zero attached hydrogens (tertiary/aromatic N) is 2. The summed E-state index contributed by atoms with van der Waals surface area (Å²) in [7, 11) is 0. The van der Waals surface area contributed by atoms with Crippen molar-refractivity contribution >= 4 is 22.1 Å². The van der Waals surface area contributed by atoms with Gasteiger partial charge in [0.25, 0.3) is 11.4 Å². The van der Waals surface area contributed by atoms with Crippen LogP contribution in [-0.2, 0) is 0 Å². The van der Waals surface area contributed by atoms with Gasteiger partial charge in [-0.3, -0.25) is 20.2 Å². The lowest BCUT2D eigenvalue weighted by atomic mass is 9.89. The molecule has 6 aromatic carbocycles. The average Bonchev–Trinajstić information content (AvgIpc) is 3.02. The molecule has 8 heteroatoms. The summed E-state index contributed by atoms with van der Waals surface area (Å²) in [6, 6.07) is 39.4. The molecule has 0 aliphatic heterocycles. The number of hydrogen-bond donors (Lipinski definition) is 0. The summed E-state index contributed by atoms with van der Waals surface area (Å²) in [5.74, 6) is 2.10. The van der Waals surface area contributed by atoms with E-state index < -0.39 is 9.85 Å². The molecule has 42 heavy (non-hydrogen) atoms. The Kier molecular flexibility index (Phi) is 7.01. The number of non-ortho nitro benzene ring substituents is 2. The Hall–Kier alpha value is -6.02. The van der Waals surface area contributed by atoms with Crippen molar-refractivity contribution in [2.24, 2.45) is 0 Å². The summed E-state index contributed by atoms with van der Waals surface area (Å²) in [6.45, 7) is 0. The van der Waals surface area contributed by atoms with Crippen molar-refractivity contribution < 1.29 is 19.3 Å². The van der Waals surface area contributed by atoms with Gasteiger partial charge in [0.15, 0.2) is 0 Å². The van der Waals surface area contributed by atoms with Crippen LogP contribution in [0.1, 0.15) is 0 Å². The molecule has 0 saturated carbocycles. The number of rotatable bonds is 8. The van der Waals surface area contributed by atoms with Gasteiger partial charge in [-0.2, -0.15) is 0 Å². The van der Waals surface area contributed by atoms with Crippen LogP contribution >= 0.6 is 0 Å². The first-order valence-corrected chi connectivity index (χ1v) is 13.0. The van der Waals surface area contributed by atoms with Gasteiger partial charge in [-0.25, -0.2) is 0 Å². The first kappa shape index (κ1) is 26.2. The predicted molar refractivity (Wildman–Crippen MR) is 161 cm³/mol. The van der Waals surface area contributed by atoms with Crippen LogP contribution in [0.15, 0.2) is 133 Å². The van der Waals surface area contributed by atoms with Gasteiger partial charge in [0.05, 0.1) is 9.85 Å². The number of para-hydroxylation sites is 2. The van der Waals surface area contributed by atoms with E-state index in [-0.39, 0.29) is 11.4 Å². The zero-order chi connectivity index (χ0) is 29.1. The summed E-state index contributed by atoms with van der Waals surface area (Å²) in [4.78, 5) is 21.3. The van der Waals surface area contributed by atoms with Gasteiger partial charge in [-0.15, -0.1) is 0 Å². The van der Waals surface area contributed by atoms with E-state index in [4.69, 9.17) is 9.47 Å². The summed E-state index contributed by atoms with van der Waals surface area (Å²) in [6.07, 6.45) is 0. The van der Waals surface area contributed by atoms with Crippen LogP contribution in [-0.4, -0.2) is 9.85 Å². The number of benzene rings is 6. The summed E-state index contributed by atoms with van der Waals surface area (Å²) < 4.78 is 12.5. The monoisotopic (exact) mass is 554 g/mol. The Bertz CT molecular complexity index is 1940. The van der Waals surface area contributed by atoms with E-state index in [1.165, 1.54) is 24.3 Å². The van der Waals surface area contributed by atoms with Crippen LogP contribution < -0.4 is 9.47 Å². The maximum Gasteiger partial charge on any atom is 0.269 e. The third-order valence-electron chi connectivity index (χ3n) is 6.81. The molecule has 0 aliphatic carbocycles. The summed E-state index contributed by atoms with van der Waals surface area (Å²) in [5, 5.41) is 24.3. The molecule has 6 aromatic rings. The molecule has 0 aromatic heterocycles. The molecule has 204 valence electrons. The Morgan fingerprint density at radius 3 is 1.50 bits per heavy atom. The fourth-order valence-corrected chi connectivity index (χ4v) is 4.85. The van der Waals surface area contributed by atoms with Crippen LogP contribution in [0.3, 0.4) is 0 Å². The Balaban J connectivity index is 1.48. The van der Waals surface area contributed by atoms with Crippen molar-refractivity contribution in [1.82, 2.24) is 0 Å². The minimum Gasteiger partial charge on any atom is -0.457 e. The molecule has 0 amide bonds. The minimum atomic E-state index is -0.449. The van der Waals surface area contributed by atoms with Crippen molar-refractivity contribution in [3.05, 3.63) is 154 Å². The maximum atomic E-state index is 11.1. The molecule has 0 heterocycles. The van der Waals surface area contributed by atoms with Crippen molar-refractivity contribution in [3.8, 4) is 45.3 Å². The molecule has 0 bridgehead atoms. The minimum absolute atomic E-state index is 0.0166. The van der Waals surface area contributed by atoms with Gasteiger partial charge < -0.3 is 9.47 Å². The highest BCUT2D eigenvalue weighted by molar-refractivity contribution is 6.06. The van der Waals surface area contributed by atoms with Crippen molar-refractivity contribution in [1.29, 1.82) is 0 Å². The molecule has 0 aliphatic rings. The van der Waals surface area contributed by atoms with Crippen molar-refractivity contribution in [2.45, 2.75) is 0 Å². The molecule has 0 N–H and O–H groups in total. The third-order valence-corrected chi connectivity index (χ3v) is 6.81. The Morgan fingerprint density at radius 1 is 0.452 bits per heavy atom. The van der Waals surface area contributed by atoms with Crippen LogP contribution in [0.2, 0.25) is 0 Å². The normalized spacial score (nSPS) is 10.8. The second-order valence-corrected chi connectivity index (χ2v) is 9.41. The highest BCUT2D eigenvalue weighted by atomic mass is 16.6. The fourth-order valence-electron chi connectivity index (χ4n) is 4.85.